The molecule has 3 rings (SSSR count). The molecule has 0 bridgehead atoms. The van der Waals surface area contributed by atoms with Crippen LogP contribution in [0.3, 0.4) is 0 Å². The number of carbonyl (C=O) groups excluding carboxylic acids is 2. The number of hydrogen-bond donors (Lipinski definition) is 2. The van der Waals surface area contributed by atoms with Gasteiger partial charge in [0.05, 0.1) is 28.9 Å². The van der Waals surface area contributed by atoms with Gasteiger partial charge in [-0.2, -0.15) is 13.2 Å². The number of amides is 2. The predicted octanol–water partition coefficient (Wildman–Crippen LogP) is 5.02. The van der Waals surface area contributed by atoms with Gasteiger partial charge in [-0.15, -0.1) is 0 Å². The smallest absolute Gasteiger partial charge is 0.416 e. The third-order valence-electron chi connectivity index (χ3n) is 5.64. The lowest BCUT2D eigenvalue weighted by atomic mass is 10.1. The van der Waals surface area contributed by atoms with Crippen molar-refractivity contribution in [3.05, 3.63) is 93.5 Å². The number of rotatable bonds is 9. The Morgan fingerprint density at radius 2 is 1.58 bits per heavy atom. The molecule has 0 aliphatic rings. The fraction of sp³-hybridized carbons (Fsp3) is 0.231. The minimum Gasteiger partial charge on any atom is -0.496 e. The highest BCUT2D eigenvalue weighted by Crippen LogP contribution is 2.34. The average Bonchev–Trinajstić information content (AvgIpc) is 2.90. The van der Waals surface area contributed by atoms with Crippen molar-refractivity contribution in [3.63, 3.8) is 0 Å². The summed E-state index contributed by atoms with van der Waals surface area (Å²) in [7, 11) is -2.03. The summed E-state index contributed by atoms with van der Waals surface area (Å²) in [6.45, 7) is 1.20. The van der Waals surface area contributed by atoms with Crippen molar-refractivity contribution in [2.75, 3.05) is 12.9 Å². The molecule has 0 aromatic heterocycles. The second kappa shape index (κ2) is 11.9. The zero-order valence-corrected chi connectivity index (χ0v) is 21.9. The number of methoxy groups -OCH3 is 1. The molecule has 0 radical (unpaired) electrons. The second-order valence-corrected chi connectivity index (χ2v) is 10.8. The monoisotopic (exact) mass is 568 g/mol. The maximum atomic E-state index is 13.4. The number of benzene rings is 3. The first-order chi connectivity index (χ1) is 17.9. The van der Waals surface area contributed by atoms with Gasteiger partial charge in [0.2, 0.25) is 0 Å². The Morgan fingerprint density at radius 3 is 2.18 bits per heavy atom. The standard InChI is InChI=1S/C26H24ClF3N2O5S/c1-3-38(35,36)20-9-4-16(5-10-20)14-31-24(33)17-7-11-23(37-2)21(12-17)25(34)32-15-18-6-8-19(27)13-22(18)26(28,29)30/h4-13H,3,14-15H2,1-2H3,(H,31,33)(H,32,34). The van der Waals surface area contributed by atoms with Gasteiger partial charge in [-0.05, 0) is 53.6 Å². The summed E-state index contributed by atoms with van der Waals surface area (Å²) in [5.74, 6) is -1.17. The van der Waals surface area contributed by atoms with Crippen LogP contribution in [0.5, 0.6) is 5.75 Å². The van der Waals surface area contributed by atoms with E-state index in [4.69, 9.17) is 16.3 Å². The van der Waals surface area contributed by atoms with E-state index in [1.54, 1.807) is 19.1 Å². The normalized spacial score (nSPS) is 11.6. The lowest BCUT2D eigenvalue weighted by molar-refractivity contribution is -0.138. The average molecular weight is 569 g/mol. The van der Waals surface area contributed by atoms with E-state index < -0.39 is 39.9 Å². The minimum atomic E-state index is -4.66. The molecule has 38 heavy (non-hydrogen) atoms. The summed E-state index contributed by atoms with van der Waals surface area (Å²) in [5, 5.41) is 5.02. The quantitative estimate of drug-likeness (QED) is 0.377. The molecule has 0 atom stereocenters. The first kappa shape index (κ1) is 29.0. The van der Waals surface area contributed by atoms with E-state index >= 15 is 0 Å². The Balaban J connectivity index is 1.72. The third kappa shape index (κ3) is 7.05. The molecule has 2 N–H and O–H groups in total. The third-order valence-corrected chi connectivity index (χ3v) is 7.62. The summed E-state index contributed by atoms with van der Waals surface area (Å²) in [6.07, 6.45) is -4.66. The topological polar surface area (TPSA) is 102 Å². The molecule has 7 nitrogen and oxygen atoms in total. The fourth-order valence-corrected chi connectivity index (χ4v) is 4.59. The Morgan fingerprint density at radius 1 is 0.921 bits per heavy atom. The van der Waals surface area contributed by atoms with Gasteiger partial charge in [0.25, 0.3) is 11.8 Å². The molecule has 0 saturated heterocycles. The van der Waals surface area contributed by atoms with Crippen LogP contribution < -0.4 is 15.4 Å². The molecule has 0 heterocycles. The first-order valence-electron chi connectivity index (χ1n) is 11.3. The van der Waals surface area contributed by atoms with Gasteiger partial charge < -0.3 is 15.4 Å². The van der Waals surface area contributed by atoms with Gasteiger partial charge in [-0.25, -0.2) is 8.42 Å². The van der Waals surface area contributed by atoms with Crippen LogP contribution in [0.25, 0.3) is 0 Å². The van der Waals surface area contributed by atoms with Crippen molar-refractivity contribution in [1.29, 1.82) is 0 Å². The first-order valence-corrected chi connectivity index (χ1v) is 13.3. The Kier molecular flexibility index (Phi) is 9.05. The van der Waals surface area contributed by atoms with Gasteiger partial charge in [-0.3, -0.25) is 9.59 Å². The molecular weight excluding hydrogens is 545 g/mol. The maximum absolute atomic E-state index is 13.4. The zero-order valence-electron chi connectivity index (χ0n) is 20.4. The number of nitrogens with one attached hydrogen (secondary N) is 2. The van der Waals surface area contributed by atoms with E-state index in [1.807, 2.05) is 0 Å². The predicted molar refractivity (Wildman–Crippen MR) is 136 cm³/mol. The summed E-state index contributed by atoms with van der Waals surface area (Å²) in [4.78, 5) is 25.7. The number of alkyl halides is 3. The van der Waals surface area contributed by atoms with Crippen molar-refractivity contribution in [3.8, 4) is 5.75 Å². The molecule has 3 aromatic carbocycles. The largest absolute Gasteiger partial charge is 0.496 e. The van der Waals surface area contributed by atoms with E-state index in [9.17, 15) is 31.2 Å². The molecule has 12 heteroatoms. The van der Waals surface area contributed by atoms with Gasteiger partial charge in [0.1, 0.15) is 5.75 Å². The maximum Gasteiger partial charge on any atom is 0.416 e. The molecule has 202 valence electrons. The molecule has 0 aliphatic carbocycles. The Hall–Kier alpha value is -3.57. The van der Waals surface area contributed by atoms with Crippen LogP contribution in [-0.2, 0) is 29.1 Å². The van der Waals surface area contributed by atoms with E-state index in [2.05, 4.69) is 10.6 Å². The molecule has 3 aromatic rings. The minimum absolute atomic E-state index is 0.0281. The van der Waals surface area contributed by atoms with Crippen molar-refractivity contribution < 1.29 is 35.9 Å². The van der Waals surface area contributed by atoms with E-state index in [1.165, 1.54) is 49.6 Å². The Bertz CT molecular complexity index is 1440. The second-order valence-electron chi connectivity index (χ2n) is 8.13. The molecule has 0 fully saturated rings. The van der Waals surface area contributed by atoms with Gasteiger partial charge >= 0.3 is 6.18 Å². The summed E-state index contributed by atoms with van der Waals surface area (Å²) >= 11 is 5.70. The summed E-state index contributed by atoms with van der Waals surface area (Å²) in [6, 6.07) is 13.4. The SMILES string of the molecule is CCS(=O)(=O)c1ccc(CNC(=O)c2ccc(OC)c(C(=O)NCc3ccc(Cl)cc3C(F)(F)F)c2)cc1. The van der Waals surface area contributed by atoms with Crippen LogP contribution in [0.2, 0.25) is 5.02 Å². The number of ether oxygens (including phenoxy) is 1. The zero-order chi connectivity index (χ0) is 28.1. The van der Waals surface area contributed by atoms with Crippen LogP contribution in [-0.4, -0.2) is 33.1 Å². The summed E-state index contributed by atoms with van der Waals surface area (Å²) in [5.41, 5.74) is -0.421. The fourth-order valence-electron chi connectivity index (χ4n) is 3.53. The van der Waals surface area contributed by atoms with Crippen molar-refractivity contribution in [2.45, 2.75) is 31.1 Å². The highest BCUT2D eigenvalue weighted by Gasteiger charge is 2.33. The van der Waals surface area contributed by atoms with Crippen molar-refractivity contribution in [1.82, 2.24) is 10.6 Å². The van der Waals surface area contributed by atoms with Crippen molar-refractivity contribution >= 4 is 33.3 Å². The van der Waals surface area contributed by atoms with E-state index in [-0.39, 0.29) is 44.7 Å². The van der Waals surface area contributed by atoms with E-state index in [0.717, 1.165) is 6.07 Å². The number of carbonyl (C=O) groups is 2. The number of sulfone groups is 1. The van der Waals surface area contributed by atoms with Gasteiger partial charge in [-0.1, -0.05) is 36.7 Å². The van der Waals surface area contributed by atoms with Crippen molar-refractivity contribution in [2.24, 2.45) is 0 Å². The van der Waals surface area contributed by atoms with Gasteiger partial charge in [0.15, 0.2) is 9.84 Å². The van der Waals surface area contributed by atoms with E-state index in [0.29, 0.717) is 5.56 Å². The van der Waals surface area contributed by atoms with Crippen LogP contribution in [0.15, 0.2) is 65.6 Å². The molecular formula is C26H24ClF3N2O5S. The Labute approximate surface area is 222 Å². The highest BCUT2D eigenvalue weighted by molar-refractivity contribution is 7.91. The van der Waals surface area contributed by atoms with Gasteiger partial charge in [0, 0.05) is 23.7 Å². The molecule has 0 aliphatic heterocycles. The number of hydrogen-bond acceptors (Lipinski definition) is 5. The molecule has 2 amide bonds. The molecule has 0 spiro atoms. The van der Waals surface area contributed by atoms with Crippen LogP contribution in [0.4, 0.5) is 13.2 Å². The van der Waals surface area contributed by atoms with Crippen LogP contribution in [0.1, 0.15) is 44.3 Å². The lowest BCUT2D eigenvalue weighted by Crippen LogP contribution is -2.26. The number of halogens is 4. The highest BCUT2D eigenvalue weighted by atomic mass is 35.5. The van der Waals surface area contributed by atoms with Crippen LogP contribution >= 0.6 is 11.6 Å². The lowest BCUT2D eigenvalue weighted by Gasteiger charge is -2.15. The van der Waals surface area contributed by atoms with Crippen LogP contribution in [0, 0.1) is 0 Å². The summed E-state index contributed by atoms with van der Waals surface area (Å²) < 4.78 is 69.1. The molecule has 0 unspecified atom stereocenters. The molecule has 0 saturated carbocycles.